The van der Waals surface area contributed by atoms with Crippen LogP contribution in [0.5, 0.6) is 0 Å². The summed E-state index contributed by atoms with van der Waals surface area (Å²) in [6.45, 7) is 0. The molecule has 0 saturated carbocycles. The fourth-order valence-electron chi connectivity index (χ4n) is 1.07. The van der Waals surface area contributed by atoms with Crippen LogP contribution in [-0.4, -0.2) is 18.1 Å². The quantitative estimate of drug-likeness (QED) is 0.679. The number of furan rings is 1. The number of carbonyl (C=O) groups excluding carboxylic acids is 1. The molecule has 0 atom stereocenters. The number of ether oxygens (including phenoxy) is 1. The number of carbonyl (C=O) groups is 1. The van der Waals surface area contributed by atoms with Crippen molar-refractivity contribution in [3.05, 3.63) is 30.5 Å². The van der Waals surface area contributed by atoms with Crippen molar-refractivity contribution >= 4 is 5.97 Å². The van der Waals surface area contributed by atoms with E-state index in [1.807, 2.05) is 0 Å². The highest BCUT2D eigenvalue weighted by Crippen LogP contribution is 2.23. The number of aromatic nitrogens is 1. The van der Waals surface area contributed by atoms with Gasteiger partial charge in [0.25, 0.3) is 0 Å². The van der Waals surface area contributed by atoms with Crippen LogP contribution in [0.4, 0.5) is 0 Å². The number of hydrogen-bond donors (Lipinski definition) is 0. The maximum absolute atomic E-state index is 11.2. The largest absolute Gasteiger partial charge is 0.464 e. The van der Waals surface area contributed by atoms with Crippen LogP contribution in [0.15, 0.2) is 33.6 Å². The van der Waals surface area contributed by atoms with Crippen molar-refractivity contribution in [1.29, 1.82) is 0 Å². The third-order valence-corrected chi connectivity index (χ3v) is 1.69. The Hall–Kier alpha value is -2.04. The van der Waals surface area contributed by atoms with Gasteiger partial charge in [0.15, 0.2) is 17.8 Å². The lowest BCUT2D eigenvalue weighted by Crippen LogP contribution is -2.02. The molecule has 0 spiro atoms. The first-order valence-electron chi connectivity index (χ1n) is 3.88. The smallest absolute Gasteiger partial charge is 0.360 e. The summed E-state index contributed by atoms with van der Waals surface area (Å²) in [6.07, 6.45) is 2.66. The minimum absolute atomic E-state index is 0.113. The molecule has 0 aliphatic carbocycles. The summed E-state index contributed by atoms with van der Waals surface area (Å²) >= 11 is 0. The molecule has 0 unspecified atom stereocenters. The Kier molecular flexibility index (Phi) is 2.06. The van der Waals surface area contributed by atoms with Crippen LogP contribution in [0.2, 0.25) is 0 Å². The van der Waals surface area contributed by atoms with Crippen LogP contribution in [0.25, 0.3) is 11.5 Å². The Balaban J connectivity index is 2.45. The van der Waals surface area contributed by atoms with Gasteiger partial charge in [-0.05, 0) is 12.1 Å². The predicted octanol–water partition coefficient (Wildman–Crippen LogP) is 1.72. The van der Waals surface area contributed by atoms with E-state index in [9.17, 15) is 4.79 Å². The van der Waals surface area contributed by atoms with Crippen molar-refractivity contribution in [3.63, 3.8) is 0 Å². The van der Waals surface area contributed by atoms with Crippen LogP contribution >= 0.6 is 0 Å². The van der Waals surface area contributed by atoms with E-state index in [0.717, 1.165) is 0 Å². The molecular weight excluding hydrogens is 186 g/mol. The molecule has 2 aromatic rings. The zero-order chi connectivity index (χ0) is 9.97. The van der Waals surface area contributed by atoms with E-state index in [-0.39, 0.29) is 11.5 Å². The van der Waals surface area contributed by atoms with Crippen LogP contribution in [-0.2, 0) is 4.74 Å². The van der Waals surface area contributed by atoms with Gasteiger partial charge in [0, 0.05) is 0 Å². The van der Waals surface area contributed by atoms with E-state index in [4.69, 9.17) is 8.83 Å². The van der Waals surface area contributed by atoms with Gasteiger partial charge in [-0.3, -0.25) is 0 Å². The topological polar surface area (TPSA) is 65.5 Å². The lowest BCUT2D eigenvalue weighted by atomic mass is 10.3. The Morgan fingerprint density at radius 1 is 1.50 bits per heavy atom. The summed E-state index contributed by atoms with van der Waals surface area (Å²) in [4.78, 5) is 14.9. The average molecular weight is 193 g/mol. The molecule has 0 N–H and O–H groups in total. The van der Waals surface area contributed by atoms with Gasteiger partial charge in [-0.1, -0.05) is 0 Å². The summed E-state index contributed by atoms with van der Waals surface area (Å²) in [5, 5.41) is 0. The second kappa shape index (κ2) is 3.37. The predicted molar refractivity (Wildman–Crippen MR) is 45.5 cm³/mol. The second-order valence-corrected chi connectivity index (χ2v) is 2.50. The zero-order valence-corrected chi connectivity index (χ0v) is 7.39. The van der Waals surface area contributed by atoms with Gasteiger partial charge in [-0.2, -0.15) is 0 Å². The minimum atomic E-state index is -0.551. The maximum atomic E-state index is 11.2. The van der Waals surface area contributed by atoms with Crippen LogP contribution in [0.1, 0.15) is 10.5 Å². The fraction of sp³-hybridized carbons (Fsp3) is 0.111. The van der Waals surface area contributed by atoms with Gasteiger partial charge in [-0.25, -0.2) is 9.78 Å². The third kappa shape index (κ3) is 1.28. The van der Waals surface area contributed by atoms with E-state index in [1.54, 1.807) is 12.1 Å². The highest BCUT2D eigenvalue weighted by Gasteiger charge is 2.20. The summed E-state index contributed by atoms with van der Waals surface area (Å²) in [7, 11) is 1.28. The summed E-state index contributed by atoms with van der Waals surface area (Å²) in [5.41, 5.74) is 0.113. The molecule has 2 heterocycles. The van der Waals surface area contributed by atoms with Crippen LogP contribution in [0.3, 0.4) is 0 Å². The molecule has 0 aromatic carbocycles. The number of methoxy groups -OCH3 is 1. The molecule has 0 saturated heterocycles. The first-order valence-corrected chi connectivity index (χ1v) is 3.88. The van der Waals surface area contributed by atoms with Gasteiger partial charge < -0.3 is 13.6 Å². The molecule has 5 nitrogen and oxygen atoms in total. The minimum Gasteiger partial charge on any atom is -0.464 e. The van der Waals surface area contributed by atoms with E-state index in [0.29, 0.717) is 5.76 Å². The molecular formula is C9H7NO4. The van der Waals surface area contributed by atoms with E-state index in [2.05, 4.69) is 9.72 Å². The normalized spacial score (nSPS) is 10.1. The van der Waals surface area contributed by atoms with Crippen LogP contribution in [0, 0.1) is 0 Å². The highest BCUT2D eigenvalue weighted by molar-refractivity contribution is 5.92. The summed E-state index contributed by atoms with van der Waals surface area (Å²) in [6, 6.07) is 3.37. The number of hydrogen-bond acceptors (Lipinski definition) is 5. The van der Waals surface area contributed by atoms with Crippen molar-refractivity contribution in [3.8, 4) is 11.5 Å². The number of nitrogens with zero attached hydrogens (tertiary/aromatic N) is 1. The molecule has 0 amide bonds. The van der Waals surface area contributed by atoms with Gasteiger partial charge >= 0.3 is 5.97 Å². The highest BCUT2D eigenvalue weighted by atomic mass is 16.5. The Morgan fingerprint density at radius 3 is 3.00 bits per heavy atom. The van der Waals surface area contributed by atoms with Crippen molar-refractivity contribution < 1.29 is 18.4 Å². The molecule has 0 bridgehead atoms. The standard InChI is InChI=1S/C9H7NO4/c1-12-9(11)7-8(14-5-10-7)6-3-2-4-13-6/h2-5H,1H3. The molecule has 2 rings (SSSR count). The molecule has 0 radical (unpaired) electrons. The van der Waals surface area contributed by atoms with Crippen molar-refractivity contribution in [1.82, 2.24) is 4.98 Å². The number of rotatable bonds is 2. The molecule has 0 aliphatic rings. The van der Waals surface area contributed by atoms with Crippen LogP contribution < -0.4 is 0 Å². The summed E-state index contributed by atoms with van der Waals surface area (Å²) in [5.74, 6) is 0.176. The molecule has 0 aliphatic heterocycles. The molecule has 14 heavy (non-hydrogen) atoms. The molecule has 0 fully saturated rings. The van der Waals surface area contributed by atoms with E-state index in [1.165, 1.54) is 19.8 Å². The SMILES string of the molecule is COC(=O)c1ncoc1-c1ccco1. The van der Waals surface area contributed by atoms with E-state index >= 15 is 0 Å². The fourth-order valence-corrected chi connectivity index (χ4v) is 1.07. The van der Waals surface area contributed by atoms with Gasteiger partial charge in [-0.15, -0.1) is 0 Å². The first kappa shape index (κ1) is 8.55. The monoisotopic (exact) mass is 193 g/mol. The Bertz CT molecular complexity index is 429. The van der Waals surface area contributed by atoms with Crippen molar-refractivity contribution in [2.24, 2.45) is 0 Å². The maximum Gasteiger partial charge on any atom is 0.360 e. The molecule has 72 valence electrons. The molecule has 2 aromatic heterocycles. The molecule has 5 heteroatoms. The van der Waals surface area contributed by atoms with Gasteiger partial charge in [0.1, 0.15) is 0 Å². The zero-order valence-electron chi connectivity index (χ0n) is 7.39. The third-order valence-electron chi connectivity index (χ3n) is 1.69. The second-order valence-electron chi connectivity index (χ2n) is 2.50. The van der Waals surface area contributed by atoms with Crippen molar-refractivity contribution in [2.45, 2.75) is 0 Å². The Morgan fingerprint density at radius 2 is 2.36 bits per heavy atom. The lowest BCUT2D eigenvalue weighted by molar-refractivity contribution is 0.0595. The number of esters is 1. The Labute approximate surface area is 79.3 Å². The van der Waals surface area contributed by atoms with Gasteiger partial charge in [0.2, 0.25) is 5.76 Å². The summed E-state index contributed by atoms with van der Waals surface area (Å²) < 4.78 is 14.6. The van der Waals surface area contributed by atoms with E-state index < -0.39 is 5.97 Å². The lowest BCUT2D eigenvalue weighted by Gasteiger charge is -1.95. The average Bonchev–Trinajstić information content (AvgIpc) is 2.85. The van der Waals surface area contributed by atoms with Crippen molar-refractivity contribution in [2.75, 3.05) is 7.11 Å². The first-order chi connectivity index (χ1) is 6.83. The number of oxazole rings is 1. The van der Waals surface area contributed by atoms with Gasteiger partial charge in [0.05, 0.1) is 13.4 Å².